The summed E-state index contributed by atoms with van der Waals surface area (Å²) in [5, 5.41) is 1.89. The molecule has 1 aliphatic rings. The summed E-state index contributed by atoms with van der Waals surface area (Å²) in [6.45, 7) is 4.93. The summed E-state index contributed by atoms with van der Waals surface area (Å²) in [5.74, 6) is 1.23. The monoisotopic (exact) mass is 369 g/mol. The van der Waals surface area contributed by atoms with Crippen molar-refractivity contribution >= 4 is 29.0 Å². The van der Waals surface area contributed by atoms with E-state index in [9.17, 15) is 9.59 Å². The van der Waals surface area contributed by atoms with Gasteiger partial charge in [-0.05, 0) is 66.6 Å². The molecule has 5 nitrogen and oxygen atoms in total. The number of imide groups is 1. The van der Waals surface area contributed by atoms with Gasteiger partial charge in [0.05, 0.1) is 4.91 Å². The number of carbonyl (C=O) groups excluding carboxylic acids is 2. The Kier molecular flexibility index (Phi) is 5.63. The van der Waals surface area contributed by atoms with E-state index in [-0.39, 0.29) is 11.1 Å². The molecule has 1 saturated heterocycles. The lowest BCUT2D eigenvalue weighted by molar-refractivity contribution is -0.115. The Balaban J connectivity index is 1.50. The first kappa shape index (κ1) is 18.1. The second-order valence-electron chi connectivity index (χ2n) is 5.89. The molecule has 0 unspecified atom stereocenters. The van der Waals surface area contributed by atoms with Crippen LogP contribution in [0.3, 0.4) is 0 Å². The molecule has 0 aromatic heterocycles. The Bertz CT molecular complexity index is 859. The van der Waals surface area contributed by atoms with Gasteiger partial charge in [0.1, 0.15) is 24.7 Å². The maximum Gasteiger partial charge on any atom is 0.290 e. The Morgan fingerprint density at radius 3 is 2.42 bits per heavy atom. The molecule has 1 heterocycles. The highest BCUT2D eigenvalue weighted by molar-refractivity contribution is 8.18. The van der Waals surface area contributed by atoms with Gasteiger partial charge >= 0.3 is 0 Å². The fraction of sp³-hybridized carbons (Fsp3) is 0.200. The van der Waals surface area contributed by atoms with Gasteiger partial charge in [-0.15, -0.1) is 0 Å². The van der Waals surface area contributed by atoms with Crippen LogP contribution in [0.1, 0.15) is 16.7 Å². The van der Waals surface area contributed by atoms with E-state index in [4.69, 9.17) is 9.47 Å². The van der Waals surface area contributed by atoms with Crippen LogP contribution >= 0.6 is 11.8 Å². The van der Waals surface area contributed by atoms with Crippen molar-refractivity contribution in [1.82, 2.24) is 5.32 Å². The van der Waals surface area contributed by atoms with Crippen LogP contribution in [0, 0.1) is 13.8 Å². The molecule has 0 spiro atoms. The summed E-state index contributed by atoms with van der Waals surface area (Å²) >= 11 is 0.903. The number of amides is 2. The van der Waals surface area contributed by atoms with Gasteiger partial charge in [0, 0.05) is 0 Å². The smallest absolute Gasteiger partial charge is 0.290 e. The van der Waals surface area contributed by atoms with E-state index in [0.717, 1.165) is 40.0 Å². The van der Waals surface area contributed by atoms with Crippen molar-refractivity contribution in [2.24, 2.45) is 0 Å². The molecule has 1 aliphatic heterocycles. The van der Waals surface area contributed by atoms with Crippen molar-refractivity contribution in [1.29, 1.82) is 0 Å². The van der Waals surface area contributed by atoms with E-state index in [1.54, 1.807) is 6.08 Å². The first-order valence-corrected chi connectivity index (χ1v) is 9.01. The molecule has 1 fully saturated rings. The van der Waals surface area contributed by atoms with Gasteiger partial charge in [0.25, 0.3) is 11.1 Å². The average Bonchev–Trinajstić information content (AvgIpc) is 2.93. The molecule has 134 valence electrons. The number of benzene rings is 2. The second kappa shape index (κ2) is 8.10. The molecule has 1 N–H and O–H groups in total. The third kappa shape index (κ3) is 4.67. The second-order valence-corrected chi connectivity index (χ2v) is 6.90. The van der Waals surface area contributed by atoms with Crippen molar-refractivity contribution in [3.8, 4) is 11.5 Å². The number of aryl methyl sites for hydroxylation is 2. The van der Waals surface area contributed by atoms with Gasteiger partial charge in [-0.2, -0.15) is 0 Å². The molecule has 2 aromatic carbocycles. The van der Waals surface area contributed by atoms with Crippen LogP contribution in [0.2, 0.25) is 0 Å². The number of rotatable bonds is 6. The van der Waals surface area contributed by atoms with Crippen LogP contribution in [0.25, 0.3) is 6.08 Å². The van der Waals surface area contributed by atoms with E-state index in [0.29, 0.717) is 18.1 Å². The van der Waals surface area contributed by atoms with Crippen LogP contribution in [-0.2, 0) is 4.79 Å². The Labute approximate surface area is 156 Å². The van der Waals surface area contributed by atoms with Crippen LogP contribution in [-0.4, -0.2) is 24.4 Å². The lowest BCUT2D eigenvalue weighted by Gasteiger charge is -2.11. The molecular weight excluding hydrogens is 350 g/mol. The van der Waals surface area contributed by atoms with Gasteiger partial charge in [-0.3, -0.25) is 14.9 Å². The van der Waals surface area contributed by atoms with Crippen molar-refractivity contribution in [3.05, 3.63) is 64.1 Å². The average molecular weight is 369 g/mol. The molecule has 0 aliphatic carbocycles. The van der Waals surface area contributed by atoms with Gasteiger partial charge in [-0.25, -0.2) is 0 Å². The molecule has 0 radical (unpaired) electrons. The summed E-state index contributed by atoms with van der Waals surface area (Å²) in [6, 6.07) is 13.4. The zero-order chi connectivity index (χ0) is 18.5. The Morgan fingerprint density at radius 2 is 1.73 bits per heavy atom. The maximum atomic E-state index is 11.5. The zero-order valence-electron chi connectivity index (χ0n) is 14.6. The largest absolute Gasteiger partial charge is 0.490 e. The lowest BCUT2D eigenvalue weighted by Crippen LogP contribution is -2.17. The standard InChI is InChI=1S/C20H19NO4S/c1-13-3-4-14(2)17(11-13)25-10-9-24-16-7-5-15(6-8-16)12-18-19(22)21-20(23)26-18/h3-8,11-12H,9-10H2,1-2H3,(H,21,22,23). The zero-order valence-corrected chi connectivity index (χ0v) is 15.4. The molecule has 2 aromatic rings. The van der Waals surface area contributed by atoms with E-state index >= 15 is 0 Å². The molecule has 0 saturated carbocycles. The van der Waals surface area contributed by atoms with Crippen LogP contribution < -0.4 is 14.8 Å². The molecule has 2 amide bonds. The summed E-state index contributed by atoms with van der Waals surface area (Å²) < 4.78 is 11.4. The van der Waals surface area contributed by atoms with Crippen molar-refractivity contribution in [2.75, 3.05) is 13.2 Å². The normalized spacial score (nSPS) is 15.2. The molecule has 0 atom stereocenters. The minimum absolute atomic E-state index is 0.343. The van der Waals surface area contributed by atoms with Crippen LogP contribution in [0.4, 0.5) is 4.79 Å². The van der Waals surface area contributed by atoms with Crippen molar-refractivity contribution in [3.63, 3.8) is 0 Å². The third-order valence-electron chi connectivity index (χ3n) is 3.77. The number of thioether (sulfide) groups is 1. The number of hydrogen-bond donors (Lipinski definition) is 1. The fourth-order valence-corrected chi connectivity index (χ4v) is 3.09. The first-order chi connectivity index (χ1) is 12.5. The topological polar surface area (TPSA) is 64.6 Å². The minimum atomic E-state index is -0.357. The highest BCUT2D eigenvalue weighted by Crippen LogP contribution is 2.26. The van der Waals surface area contributed by atoms with Crippen molar-refractivity contribution < 1.29 is 19.1 Å². The molecular formula is C20H19NO4S. The highest BCUT2D eigenvalue weighted by atomic mass is 32.2. The molecule has 6 heteroatoms. The predicted molar refractivity (Wildman–Crippen MR) is 102 cm³/mol. The third-order valence-corrected chi connectivity index (χ3v) is 4.58. The van der Waals surface area contributed by atoms with E-state index in [2.05, 4.69) is 11.4 Å². The minimum Gasteiger partial charge on any atom is -0.490 e. The van der Waals surface area contributed by atoms with Gasteiger partial charge in [-0.1, -0.05) is 24.3 Å². The summed E-state index contributed by atoms with van der Waals surface area (Å²) in [4.78, 5) is 23.1. The number of hydrogen-bond acceptors (Lipinski definition) is 5. The van der Waals surface area contributed by atoms with E-state index in [1.165, 1.54) is 0 Å². The van der Waals surface area contributed by atoms with Gasteiger partial charge in [0.15, 0.2) is 0 Å². The highest BCUT2D eigenvalue weighted by Gasteiger charge is 2.24. The van der Waals surface area contributed by atoms with Crippen molar-refractivity contribution in [2.45, 2.75) is 13.8 Å². The number of nitrogens with one attached hydrogen (secondary N) is 1. The number of carbonyl (C=O) groups is 2. The number of ether oxygens (including phenoxy) is 2. The van der Waals surface area contributed by atoms with Gasteiger partial charge in [0.2, 0.25) is 0 Å². The van der Waals surface area contributed by atoms with Gasteiger partial charge < -0.3 is 9.47 Å². The predicted octanol–water partition coefficient (Wildman–Crippen LogP) is 4.09. The van der Waals surface area contributed by atoms with Crippen LogP contribution in [0.15, 0.2) is 47.4 Å². The Morgan fingerprint density at radius 1 is 1.00 bits per heavy atom. The lowest BCUT2D eigenvalue weighted by atomic mass is 10.1. The summed E-state index contributed by atoms with van der Waals surface area (Å²) in [6.07, 6.45) is 1.68. The first-order valence-electron chi connectivity index (χ1n) is 8.19. The summed E-state index contributed by atoms with van der Waals surface area (Å²) in [7, 11) is 0. The van der Waals surface area contributed by atoms with Crippen LogP contribution in [0.5, 0.6) is 11.5 Å². The molecule has 0 bridgehead atoms. The van der Waals surface area contributed by atoms with E-state index in [1.807, 2.05) is 50.2 Å². The SMILES string of the molecule is Cc1ccc(C)c(OCCOc2ccc(C=C3SC(=O)NC3=O)cc2)c1. The fourth-order valence-electron chi connectivity index (χ4n) is 2.41. The molecule has 3 rings (SSSR count). The quantitative estimate of drug-likeness (QED) is 0.614. The molecule has 26 heavy (non-hydrogen) atoms. The maximum absolute atomic E-state index is 11.5. The van der Waals surface area contributed by atoms with E-state index < -0.39 is 0 Å². The summed E-state index contributed by atoms with van der Waals surface area (Å²) in [5.41, 5.74) is 3.09. The Hall–Kier alpha value is -2.73.